The maximum absolute atomic E-state index is 10.3. The molecule has 0 aromatic heterocycles. The van der Waals surface area contributed by atoms with E-state index in [-0.39, 0.29) is 6.67 Å². The van der Waals surface area contributed by atoms with Crippen LogP contribution in [0.25, 0.3) is 0 Å². The molecule has 0 heterocycles. The van der Waals surface area contributed by atoms with Crippen molar-refractivity contribution in [1.82, 2.24) is 0 Å². The van der Waals surface area contributed by atoms with Crippen LogP contribution in [-0.4, -0.2) is 17.4 Å². The van der Waals surface area contributed by atoms with Crippen LogP contribution in [0.2, 0.25) is 0 Å². The summed E-state index contributed by atoms with van der Waals surface area (Å²) in [5, 5.41) is 9.75. The third-order valence-corrected chi connectivity index (χ3v) is 5.84. The van der Waals surface area contributed by atoms with E-state index in [1.54, 1.807) is 0 Å². The molecule has 0 bridgehead atoms. The quantitative estimate of drug-likeness (QED) is 0.627. The second-order valence-corrected chi connectivity index (χ2v) is 8.05. The van der Waals surface area contributed by atoms with E-state index in [1.807, 2.05) is 13.8 Å². The molecular weight excluding hydrogens is 263 g/mol. The summed E-state index contributed by atoms with van der Waals surface area (Å²) < 4.78 is 10.3. The minimum atomic E-state index is -0.465. The van der Waals surface area contributed by atoms with Crippen molar-refractivity contribution >= 4 is 0 Å². The van der Waals surface area contributed by atoms with Gasteiger partial charge in [0.2, 0.25) is 0 Å². The van der Waals surface area contributed by atoms with E-state index in [4.69, 9.17) is 0 Å². The minimum Gasteiger partial charge on any atom is -0.390 e. The molecule has 3 unspecified atom stereocenters. The Bertz CT molecular complexity index is 284. The van der Waals surface area contributed by atoms with E-state index in [0.717, 1.165) is 18.3 Å². The Balaban J connectivity index is 0.000000677. The largest absolute Gasteiger partial charge is 0.390 e. The van der Waals surface area contributed by atoms with Crippen LogP contribution in [-0.2, 0) is 0 Å². The lowest BCUT2D eigenvalue weighted by atomic mass is 9.64. The van der Waals surface area contributed by atoms with Crippen LogP contribution in [0.4, 0.5) is 4.39 Å². The van der Waals surface area contributed by atoms with Crippen molar-refractivity contribution < 1.29 is 9.50 Å². The Morgan fingerprint density at radius 1 is 1.14 bits per heavy atom. The monoisotopic (exact) mass is 300 g/mol. The highest BCUT2D eigenvalue weighted by molar-refractivity contribution is 4.96. The average Bonchev–Trinajstić information content (AvgIpc) is 2.71. The van der Waals surface area contributed by atoms with Crippen molar-refractivity contribution in [3.8, 4) is 0 Å². The van der Waals surface area contributed by atoms with E-state index in [2.05, 4.69) is 6.92 Å². The molecule has 0 amide bonds. The molecule has 2 aliphatic rings. The summed E-state index contributed by atoms with van der Waals surface area (Å²) in [5.74, 6) is 2.01. The number of rotatable bonds is 5. The first-order chi connectivity index (χ1) is 9.83. The molecule has 1 nitrogen and oxygen atoms in total. The molecule has 126 valence electrons. The maximum Gasteiger partial charge on any atom is 0.0866 e. The Hall–Kier alpha value is -0.110. The fourth-order valence-corrected chi connectivity index (χ4v) is 4.60. The van der Waals surface area contributed by atoms with Crippen molar-refractivity contribution in [3.63, 3.8) is 0 Å². The Kier molecular flexibility index (Phi) is 7.67. The Labute approximate surface area is 131 Å². The Morgan fingerprint density at radius 3 is 2.43 bits per heavy atom. The highest BCUT2D eigenvalue weighted by atomic mass is 19.1. The lowest BCUT2D eigenvalue weighted by molar-refractivity contribution is 0.0642. The molecule has 0 spiro atoms. The van der Waals surface area contributed by atoms with Crippen LogP contribution in [0.3, 0.4) is 0 Å². The molecule has 2 saturated carbocycles. The van der Waals surface area contributed by atoms with Gasteiger partial charge in [-0.05, 0) is 76.5 Å². The number of aliphatic hydroxyl groups is 1. The fourth-order valence-electron chi connectivity index (χ4n) is 4.60. The van der Waals surface area contributed by atoms with Gasteiger partial charge in [0.25, 0.3) is 0 Å². The van der Waals surface area contributed by atoms with Crippen molar-refractivity contribution in [1.29, 1.82) is 0 Å². The summed E-state index contributed by atoms with van der Waals surface area (Å²) in [6, 6.07) is 0. The molecule has 2 rings (SSSR count). The minimum absolute atomic E-state index is 0.250. The van der Waals surface area contributed by atoms with Crippen molar-refractivity contribution in [3.05, 3.63) is 0 Å². The van der Waals surface area contributed by atoms with E-state index in [0.29, 0.717) is 5.41 Å². The second kappa shape index (κ2) is 8.50. The number of alkyl halides is 1. The molecule has 0 aromatic rings. The van der Waals surface area contributed by atoms with Gasteiger partial charge in [-0.2, -0.15) is 0 Å². The molecule has 1 N–H and O–H groups in total. The topological polar surface area (TPSA) is 20.2 Å². The molecule has 2 aliphatic carbocycles. The lowest BCUT2D eigenvalue weighted by Gasteiger charge is -2.41. The molecule has 0 radical (unpaired) electrons. The van der Waals surface area contributed by atoms with E-state index in [9.17, 15) is 9.50 Å². The molecule has 0 saturated heterocycles. The highest BCUT2D eigenvalue weighted by Crippen LogP contribution is 2.56. The summed E-state index contributed by atoms with van der Waals surface area (Å²) in [6.07, 6.45) is 13.8. The molecule has 0 aromatic carbocycles. The summed E-state index contributed by atoms with van der Waals surface area (Å²) >= 11 is 0. The zero-order valence-electron chi connectivity index (χ0n) is 14.8. The summed E-state index contributed by atoms with van der Waals surface area (Å²) in [4.78, 5) is 0. The van der Waals surface area contributed by atoms with E-state index in [1.165, 1.54) is 64.7 Å². The van der Waals surface area contributed by atoms with Crippen molar-refractivity contribution in [2.45, 2.75) is 97.5 Å². The van der Waals surface area contributed by atoms with Gasteiger partial charge in [0, 0.05) is 0 Å². The zero-order valence-corrected chi connectivity index (χ0v) is 14.8. The van der Waals surface area contributed by atoms with Gasteiger partial charge in [-0.25, -0.2) is 0 Å². The van der Waals surface area contributed by atoms with Crippen LogP contribution < -0.4 is 0 Å². The highest BCUT2D eigenvalue weighted by Gasteiger charge is 2.46. The molecule has 2 heteroatoms. The summed E-state index contributed by atoms with van der Waals surface area (Å²) in [6.45, 7) is 7.65. The molecular formula is C19H37FO. The predicted octanol–water partition coefficient (Wildman–Crippen LogP) is 5.90. The van der Waals surface area contributed by atoms with Crippen molar-refractivity contribution in [2.24, 2.45) is 17.3 Å². The first-order valence-electron chi connectivity index (χ1n) is 9.12. The van der Waals surface area contributed by atoms with Gasteiger partial charge in [0.1, 0.15) is 0 Å². The van der Waals surface area contributed by atoms with Crippen LogP contribution in [0.1, 0.15) is 91.9 Å². The van der Waals surface area contributed by atoms with Gasteiger partial charge in [0.05, 0.1) is 12.3 Å². The van der Waals surface area contributed by atoms with Crippen LogP contribution >= 0.6 is 0 Å². The van der Waals surface area contributed by atoms with Crippen LogP contribution in [0.5, 0.6) is 0 Å². The Morgan fingerprint density at radius 2 is 1.81 bits per heavy atom. The normalized spacial score (nSPS) is 32.3. The van der Waals surface area contributed by atoms with Gasteiger partial charge in [-0.15, -0.1) is 0 Å². The molecule has 3 atom stereocenters. The zero-order chi connectivity index (χ0) is 15.9. The summed E-state index contributed by atoms with van der Waals surface area (Å²) in [5.41, 5.74) is 0.208. The fraction of sp³-hybridized carbons (Fsp3) is 1.00. The van der Waals surface area contributed by atoms with Crippen LogP contribution in [0.15, 0.2) is 0 Å². The summed E-state index contributed by atoms with van der Waals surface area (Å²) in [7, 11) is 0. The second-order valence-electron chi connectivity index (χ2n) is 8.05. The molecule has 21 heavy (non-hydrogen) atoms. The van der Waals surface area contributed by atoms with E-state index >= 15 is 0 Å². The van der Waals surface area contributed by atoms with E-state index < -0.39 is 5.60 Å². The van der Waals surface area contributed by atoms with Gasteiger partial charge < -0.3 is 5.11 Å². The van der Waals surface area contributed by atoms with Gasteiger partial charge in [0.15, 0.2) is 0 Å². The van der Waals surface area contributed by atoms with Crippen LogP contribution in [0, 0.1) is 17.3 Å². The first-order valence-corrected chi connectivity index (χ1v) is 9.12. The number of halogens is 1. The molecule has 2 fully saturated rings. The molecule has 0 aliphatic heterocycles. The number of fused-ring (bicyclic) bond motifs is 1. The maximum atomic E-state index is 10.3. The smallest absolute Gasteiger partial charge is 0.0866 e. The third kappa shape index (κ3) is 5.88. The third-order valence-electron chi connectivity index (χ3n) is 5.84. The number of hydrogen-bond donors (Lipinski definition) is 1. The standard InChI is InChI=1S/C17H32O.C2H5F/c1-16(2,18)12-6-4-8-14-10-11-15-9-5-7-13-17(14,15)3;1-2-3/h14-15,18H,4-13H2,1-3H3;2H2,1H3. The number of hydrogen-bond acceptors (Lipinski definition) is 1. The van der Waals surface area contributed by atoms with Gasteiger partial charge in [-0.3, -0.25) is 4.39 Å². The first kappa shape index (κ1) is 18.9. The predicted molar refractivity (Wildman–Crippen MR) is 89.2 cm³/mol. The van der Waals surface area contributed by atoms with Crippen molar-refractivity contribution in [2.75, 3.05) is 6.67 Å². The lowest BCUT2D eigenvalue weighted by Crippen LogP contribution is -2.31. The SMILES string of the molecule is CC(C)(O)CCCCC1CCC2CCCCC12C.CCF. The number of unbranched alkanes of at least 4 members (excludes halogenated alkanes) is 1. The van der Waals surface area contributed by atoms with Gasteiger partial charge in [-0.1, -0.05) is 32.6 Å². The average molecular weight is 301 g/mol. The van der Waals surface area contributed by atoms with Gasteiger partial charge >= 0.3 is 0 Å².